The van der Waals surface area contributed by atoms with E-state index in [9.17, 15) is 0 Å². The van der Waals surface area contributed by atoms with E-state index in [0.29, 0.717) is 21.2 Å². The topological polar surface area (TPSA) is 0 Å². The standard InChI is InChI=1S/C6H12I/c1-6-3-2-4-7-5-6/h6H,2-5H2,1H3/q-1. The van der Waals surface area contributed by atoms with Crippen molar-refractivity contribution in [3.63, 3.8) is 0 Å². The van der Waals surface area contributed by atoms with Gasteiger partial charge in [-0.25, -0.2) is 0 Å². The number of rotatable bonds is 0. The molecule has 1 heterocycles. The van der Waals surface area contributed by atoms with Crippen molar-refractivity contribution in [1.29, 1.82) is 0 Å². The fraction of sp³-hybridized carbons (Fsp3) is 1.00. The third-order valence-electron chi connectivity index (χ3n) is 1.34. The molecule has 1 unspecified atom stereocenters. The first-order valence-electron chi connectivity index (χ1n) is 2.93. The molecule has 1 fully saturated rings. The number of alkyl halides is 2. The van der Waals surface area contributed by atoms with E-state index in [1.54, 1.807) is 8.86 Å². The molecule has 1 aliphatic rings. The van der Waals surface area contributed by atoms with E-state index in [0.717, 1.165) is 5.92 Å². The van der Waals surface area contributed by atoms with E-state index in [4.69, 9.17) is 0 Å². The van der Waals surface area contributed by atoms with Gasteiger partial charge in [0.05, 0.1) is 0 Å². The second-order valence-electron chi connectivity index (χ2n) is 2.28. The molecule has 0 aliphatic carbocycles. The summed E-state index contributed by atoms with van der Waals surface area (Å²) in [6.07, 6.45) is 3.05. The Labute approximate surface area is 55.9 Å². The first-order valence-corrected chi connectivity index (χ1v) is 5.98. The molecular formula is C6H12I-. The molecule has 1 aliphatic heterocycles. The Morgan fingerprint density at radius 2 is 2.43 bits per heavy atom. The van der Waals surface area contributed by atoms with Crippen LogP contribution in [-0.2, 0) is 0 Å². The molecule has 0 nitrogen and oxygen atoms in total. The Bertz CT molecular complexity index is 46.1. The van der Waals surface area contributed by atoms with Crippen LogP contribution in [0.2, 0.25) is 0 Å². The van der Waals surface area contributed by atoms with Gasteiger partial charge in [0.15, 0.2) is 0 Å². The molecule has 7 heavy (non-hydrogen) atoms. The van der Waals surface area contributed by atoms with Crippen LogP contribution in [0.4, 0.5) is 0 Å². The van der Waals surface area contributed by atoms with Gasteiger partial charge in [0.1, 0.15) is 0 Å². The fourth-order valence-corrected chi connectivity index (χ4v) is 3.78. The zero-order valence-electron chi connectivity index (χ0n) is 4.78. The summed E-state index contributed by atoms with van der Waals surface area (Å²) in [6.45, 7) is 2.39. The molecule has 44 valence electrons. The number of halogens is 1. The van der Waals surface area contributed by atoms with Crippen molar-refractivity contribution in [3.05, 3.63) is 0 Å². The molecule has 0 aromatic heterocycles. The van der Waals surface area contributed by atoms with Crippen molar-refractivity contribution < 1.29 is 21.2 Å². The molecule has 0 amide bonds. The zero-order valence-corrected chi connectivity index (χ0v) is 6.94. The van der Waals surface area contributed by atoms with Crippen LogP contribution in [0.15, 0.2) is 0 Å². The summed E-state index contributed by atoms with van der Waals surface area (Å²) in [5, 5.41) is 0. The third-order valence-corrected chi connectivity index (χ3v) is 4.99. The average Bonchev–Trinajstić information content (AvgIpc) is 1.69. The predicted octanol–water partition coefficient (Wildman–Crippen LogP) is -1.49. The van der Waals surface area contributed by atoms with Gasteiger partial charge in [-0.3, -0.25) is 0 Å². The Kier molecular flexibility index (Phi) is 2.43. The van der Waals surface area contributed by atoms with E-state index in [-0.39, 0.29) is 0 Å². The maximum absolute atomic E-state index is 2.39. The van der Waals surface area contributed by atoms with Crippen LogP contribution in [0.3, 0.4) is 0 Å². The van der Waals surface area contributed by atoms with Crippen LogP contribution in [0.25, 0.3) is 0 Å². The molecule has 0 aromatic carbocycles. The van der Waals surface area contributed by atoms with Gasteiger partial charge in [-0.05, 0) is 0 Å². The van der Waals surface area contributed by atoms with Gasteiger partial charge in [0.2, 0.25) is 0 Å². The van der Waals surface area contributed by atoms with Crippen molar-refractivity contribution in [2.24, 2.45) is 5.92 Å². The molecule has 0 bridgehead atoms. The first-order chi connectivity index (χ1) is 3.39. The van der Waals surface area contributed by atoms with Crippen LogP contribution in [0.1, 0.15) is 19.8 Å². The zero-order chi connectivity index (χ0) is 5.11. The summed E-state index contributed by atoms with van der Waals surface area (Å²) in [5.41, 5.74) is 0. The van der Waals surface area contributed by atoms with Gasteiger partial charge in [0, 0.05) is 0 Å². The van der Waals surface area contributed by atoms with E-state index < -0.39 is 0 Å². The van der Waals surface area contributed by atoms with Crippen molar-refractivity contribution in [2.75, 3.05) is 8.86 Å². The molecule has 0 spiro atoms. The van der Waals surface area contributed by atoms with E-state index in [2.05, 4.69) is 6.92 Å². The van der Waals surface area contributed by atoms with Crippen molar-refractivity contribution in [3.8, 4) is 0 Å². The van der Waals surface area contributed by atoms with E-state index in [1.807, 2.05) is 0 Å². The second kappa shape index (κ2) is 2.90. The average molecular weight is 211 g/mol. The van der Waals surface area contributed by atoms with E-state index >= 15 is 0 Å². The van der Waals surface area contributed by atoms with Gasteiger partial charge in [-0.1, -0.05) is 0 Å². The first kappa shape index (κ1) is 5.86. The maximum atomic E-state index is 2.39. The molecule has 0 N–H and O–H groups in total. The normalized spacial score (nSPS) is 34.1. The summed E-state index contributed by atoms with van der Waals surface area (Å²) >= 11 is 0.674. The van der Waals surface area contributed by atoms with Crippen LogP contribution < -0.4 is 21.2 Å². The summed E-state index contributed by atoms with van der Waals surface area (Å²) in [5.74, 6) is 1.08. The van der Waals surface area contributed by atoms with Crippen LogP contribution in [-0.4, -0.2) is 8.86 Å². The SMILES string of the molecule is CC1CCC[I-]C1. The summed E-state index contributed by atoms with van der Waals surface area (Å²) in [7, 11) is 0. The van der Waals surface area contributed by atoms with Gasteiger partial charge in [-0.2, -0.15) is 0 Å². The third kappa shape index (κ3) is 1.98. The Hall–Kier alpha value is 0.730. The van der Waals surface area contributed by atoms with Crippen molar-refractivity contribution in [1.82, 2.24) is 0 Å². The molecule has 0 saturated carbocycles. The van der Waals surface area contributed by atoms with Gasteiger partial charge in [-0.15, -0.1) is 0 Å². The van der Waals surface area contributed by atoms with E-state index in [1.165, 1.54) is 12.8 Å². The number of hydrogen-bond donors (Lipinski definition) is 0. The summed E-state index contributed by atoms with van der Waals surface area (Å²) in [6, 6.07) is 0. The molecular weight excluding hydrogens is 199 g/mol. The van der Waals surface area contributed by atoms with Crippen LogP contribution in [0.5, 0.6) is 0 Å². The second-order valence-corrected chi connectivity index (χ2v) is 5.32. The Balaban J connectivity index is 2.12. The van der Waals surface area contributed by atoms with Gasteiger partial charge in [0.25, 0.3) is 0 Å². The predicted molar refractivity (Wildman–Crippen MR) is 28.1 cm³/mol. The molecule has 0 aromatic rings. The molecule has 1 rings (SSSR count). The monoisotopic (exact) mass is 211 g/mol. The summed E-state index contributed by atoms with van der Waals surface area (Å²) in [4.78, 5) is 0. The quantitative estimate of drug-likeness (QED) is 0.338. The van der Waals surface area contributed by atoms with Crippen molar-refractivity contribution in [2.45, 2.75) is 19.8 Å². The Morgan fingerprint density at radius 3 is 2.71 bits per heavy atom. The van der Waals surface area contributed by atoms with Gasteiger partial charge < -0.3 is 0 Å². The summed E-state index contributed by atoms with van der Waals surface area (Å²) < 4.78 is 3.20. The fourth-order valence-electron chi connectivity index (χ4n) is 0.861. The molecule has 0 radical (unpaired) electrons. The number of hydrogen-bond acceptors (Lipinski definition) is 0. The van der Waals surface area contributed by atoms with Crippen LogP contribution >= 0.6 is 0 Å². The molecule has 1 heteroatoms. The molecule has 1 saturated heterocycles. The van der Waals surface area contributed by atoms with Crippen molar-refractivity contribution >= 4 is 0 Å². The van der Waals surface area contributed by atoms with Crippen LogP contribution in [0, 0.1) is 5.92 Å². The Morgan fingerprint density at radius 1 is 1.57 bits per heavy atom. The minimum absolute atomic E-state index is 0.674. The molecule has 1 atom stereocenters. The minimum atomic E-state index is 0.674. The van der Waals surface area contributed by atoms with Gasteiger partial charge >= 0.3 is 55.7 Å².